The zero-order valence-electron chi connectivity index (χ0n) is 14.5. The average molecular weight is 378 g/mol. The van der Waals surface area contributed by atoms with Crippen LogP contribution in [0, 0.1) is 0 Å². The van der Waals surface area contributed by atoms with Gasteiger partial charge in [-0.05, 0) is 5.56 Å². The number of amides is 2. The maximum absolute atomic E-state index is 12.6. The first-order valence-electron chi connectivity index (χ1n) is 8.21. The highest BCUT2D eigenvalue weighted by Crippen LogP contribution is 2.34. The number of cyclic esters (lactones) is 1. The number of hydrogen-bond acceptors (Lipinski definition) is 8. The third-order valence-electron chi connectivity index (χ3n) is 4.16. The molecule has 10 heteroatoms. The molecular formula is C17H18N2O8. The topological polar surface area (TPSA) is 120 Å². The van der Waals surface area contributed by atoms with Gasteiger partial charge in [0.25, 0.3) is 5.91 Å². The molecule has 0 saturated carbocycles. The smallest absolute Gasteiger partial charge is 0.408 e. The highest BCUT2D eigenvalue weighted by atomic mass is 16.8. The Morgan fingerprint density at radius 1 is 1.30 bits per heavy atom. The molecule has 1 aromatic rings. The van der Waals surface area contributed by atoms with E-state index in [1.165, 1.54) is 0 Å². The van der Waals surface area contributed by atoms with E-state index in [4.69, 9.17) is 14.3 Å². The van der Waals surface area contributed by atoms with E-state index < -0.39 is 35.7 Å². The predicted molar refractivity (Wildman–Crippen MR) is 86.4 cm³/mol. The minimum atomic E-state index is -1.98. The van der Waals surface area contributed by atoms with Crippen LogP contribution in [0.15, 0.2) is 30.3 Å². The lowest BCUT2D eigenvalue weighted by atomic mass is 10.1. The largest absolute Gasteiger partial charge is 0.465 e. The van der Waals surface area contributed by atoms with Crippen molar-refractivity contribution in [2.45, 2.75) is 31.2 Å². The van der Waals surface area contributed by atoms with Gasteiger partial charge in [-0.2, -0.15) is 5.06 Å². The molecule has 0 spiro atoms. The van der Waals surface area contributed by atoms with Crippen molar-refractivity contribution in [3.8, 4) is 0 Å². The van der Waals surface area contributed by atoms with Crippen LogP contribution in [0.2, 0.25) is 0 Å². The zero-order chi connectivity index (χ0) is 19.4. The lowest BCUT2D eigenvalue weighted by molar-refractivity contribution is -0.258. The number of nitrogens with zero attached hydrogens (tertiary/aromatic N) is 1. The number of carbonyl (C=O) groups excluding carboxylic acids is 4. The third-order valence-corrected chi connectivity index (χ3v) is 4.16. The molecule has 10 nitrogen and oxygen atoms in total. The Morgan fingerprint density at radius 2 is 2.04 bits per heavy atom. The van der Waals surface area contributed by atoms with Gasteiger partial charge in [-0.25, -0.2) is 9.59 Å². The molecule has 2 aliphatic rings. The lowest BCUT2D eigenvalue weighted by Crippen LogP contribution is -2.57. The van der Waals surface area contributed by atoms with Crippen LogP contribution in [0.25, 0.3) is 0 Å². The molecule has 0 aliphatic carbocycles. The summed E-state index contributed by atoms with van der Waals surface area (Å²) in [4.78, 5) is 53.4. The molecule has 27 heavy (non-hydrogen) atoms. The molecule has 2 heterocycles. The summed E-state index contributed by atoms with van der Waals surface area (Å²) in [6.45, 7) is -0.211. The first kappa shape index (κ1) is 18.6. The lowest BCUT2D eigenvalue weighted by Gasteiger charge is -2.31. The van der Waals surface area contributed by atoms with E-state index in [0.717, 1.165) is 12.7 Å². The van der Waals surface area contributed by atoms with Crippen molar-refractivity contribution in [3.05, 3.63) is 35.9 Å². The van der Waals surface area contributed by atoms with Gasteiger partial charge in [-0.1, -0.05) is 30.3 Å². The summed E-state index contributed by atoms with van der Waals surface area (Å²) in [5.41, 5.74) is -1.20. The Labute approximate surface area is 154 Å². The number of ether oxygens (including phenoxy) is 3. The Kier molecular flexibility index (Phi) is 5.26. The minimum Gasteiger partial charge on any atom is -0.465 e. The molecule has 2 fully saturated rings. The average Bonchev–Trinajstić information content (AvgIpc) is 3.24. The van der Waals surface area contributed by atoms with E-state index in [2.05, 4.69) is 10.1 Å². The predicted octanol–water partition coefficient (Wildman–Crippen LogP) is 0.261. The fraction of sp³-hybridized carbons (Fsp3) is 0.412. The van der Waals surface area contributed by atoms with Gasteiger partial charge in [0.15, 0.2) is 0 Å². The zero-order valence-corrected chi connectivity index (χ0v) is 14.5. The summed E-state index contributed by atoms with van der Waals surface area (Å²) in [5.74, 6) is -2.34. The Bertz CT molecular complexity index is 753. The van der Waals surface area contributed by atoms with Gasteiger partial charge in [0, 0.05) is 6.42 Å². The van der Waals surface area contributed by atoms with Crippen molar-refractivity contribution in [1.82, 2.24) is 10.4 Å². The molecule has 2 atom stereocenters. The van der Waals surface area contributed by atoms with Gasteiger partial charge in [0.05, 0.1) is 13.5 Å². The quantitative estimate of drug-likeness (QED) is 0.572. The van der Waals surface area contributed by atoms with Gasteiger partial charge < -0.3 is 19.5 Å². The maximum atomic E-state index is 12.6. The van der Waals surface area contributed by atoms with Crippen molar-refractivity contribution in [2.24, 2.45) is 0 Å². The minimum absolute atomic E-state index is 0.0296. The van der Waals surface area contributed by atoms with Crippen LogP contribution in [0.5, 0.6) is 0 Å². The van der Waals surface area contributed by atoms with Gasteiger partial charge in [0.1, 0.15) is 19.3 Å². The molecule has 3 rings (SSSR count). The van der Waals surface area contributed by atoms with E-state index >= 15 is 0 Å². The number of carbonyl (C=O) groups is 4. The first-order valence-corrected chi connectivity index (χ1v) is 8.21. The number of hydrogen-bond donors (Lipinski definition) is 1. The standard InChI is InChI=1S/C17H18N2O8/c1-24-15(22)17(8-7-13(20)27-17)19-14(21)12(10-26-19)18-16(23)25-9-11-5-3-2-4-6-11/h2-6,12H,7-10H2,1H3,(H,18,23)/t12-,17?/m1/s1. The van der Waals surface area contributed by atoms with E-state index in [1.54, 1.807) is 24.3 Å². The molecule has 1 N–H and O–H groups in total. The van der Waals surface area contributed by atoms with Crippen molar-refractivity contribution >= 4 is 23.9 Å². The summed E-state index contributed by atoms with van der Waals surface area (Å²) in [6, 6.07) is 7.92. The fourth-order valence-electron chi connectivity index (χ4n) is 2.81. The highest BCUT2D eigenvalue weighted by Gasteiger charge is 2.59. The van der Waals surface area contributed by atoms with Crippen molar-refractivity contribution in [1.29, 1.82) is 0 Å². The summed E-state index contributed by atoms with van der Waals surface area (Å²) in [5, 5.41) is 3.03. The SMILES string of the molecule is COC(=O)C1(N2OC[C@@H](NC(=O)OCc3ccccc3)C2=O)CCC(=O)O1. The first-order chi connectivity index (χ1) is 13.0. The molecule has 0 aromatic heterocycles. The van der Waals surface area contributed by atoms with Crippen molar-refractivity contribution in [2.75, 3.05) is 13.7 Å². The molecule has 1 unspecified atom stereocenters. The normalized spacial score (nSPS) is 24.5. The number of benzene rings is 1. The van der Waals surface area contributed by atoms with Crippen LogP contribution in [0.3, 0.4) is 0 Å². The molecule has 0 radical (unpaired) electrons. The van der Waals surface area contributed by atoms with Gasteiger partial charge >= 0.3 is 23.8 Å². The van der Waals surface area contributed by atoms with Crippen LogP contribution in [-0.4, -0.2) is 54.5 Å². The number of nitrogens with one attached hydrogen (secondary N) is 1. The second-order valence-corrected chi connectivity index (χ2v) is 5.94. The number of esters is 2. The number of hydroxylamine groups is 2. The van der Waals surface area contributed by atoms with Gasteiger partial charge in [0.2, 0.25) is 0 Å². The van der Waals surface area contributed by atoms with Crippen LogP contribution in [0.4, 0.5) is 4.79 Å². The number of methoxy groups -OCH3 is 1. The second kappa shape index (κ2) is 7.62. The number of rotatable bonds is 5. The molecule has 2 aliphatic heterocycles. The van der Waals surface area contributed by atoms with E-state index in [-0.39, 0.29) is 26.1 Å². The van der Waals surface area contributed by atoms with Crippen molar-refractivity contribution < 1.29 is 38.2 Å². The van der Waals surface area contributed by atoms with Crippen LogP contribution >= 0.6 is 0 Å². The Hall–Kier alpha value is -3.14. The summed E-state index contributed by atoms with van der Waals surface area (Å²) < 4.78 is 14.7. The van der Waals surface area contributed by atoms with Gasteiger partial charge in [-0.15, -0.1) is 0 Å². The Balaban J connectivity index is 1.61. The third kappa shape index (κ3) is 3.70. The summed E-state index contributed by atoms with van der Waals surface area (Å²) >= 11 is 0. The van der Waals surface area contributed by atoms with Gasteiger partial charge in [-0.3, -0.25) is 14.4 Å². The van der Waals surface area contributed by atoms with E-state index in [1.807, 2.05) is 6.07 Å². The van der Waals surface area contributed by atoms with Crippen molar-refractivity contribution in [3.63, 3.8) is 0 Å². The molecular weight excluding hydrogens is 360 g/mol. The van der Waals surface area contributed by atoms with Crippen LogP contribution in [0.1, 0.15) is 18.4 Å². The fourth-order valence-corrected chi connectivity index (χ4v) is 2.81. The number of alkyl carbamates (subject to hydrolysis) is 1. The van der Waals surface area contributed by atoms with E-state index in [9.17, 15) is 19.2 Å². The summed E-state index contributed by atoms with van der Waals surface area (Å²) in [7, 11) is 1.10. The monoisotopic (exact) mass is 378 g/mol. The molecule has 2 saturated heterocycles. The molecule has 144 valence electrons. The van der Waals surface area contributed by atoms with Crippen LogP contribution < -0.4 is 5.32 Å². The maximum Gasteiger partial charge on any atom is 0.408 e. The van der Waals surface area contributed by atoms with Crippen LogP contribution in [-0.2, 0) is 40.0 Å². The molecule has 2 amide bonds. The summed E-state index contributed by atoms with van der Waals surface area (Å²) in [6.07, 6.45) is -0.993. The highest BCUT2D eigenvalue weighted by molar-refractivity contribution is 5.94. The van der Waals surface area contributed by atoms with E-state index in [0.29, 0.717) is 5.06 Å². The Morgan fingerprint density at radius 3 is 2.67 bits per heavy atom. The molecule has 1 aromatic carbocycles. The second-order valence-electron chi connectivity index (χ2n) is 5.94. The molecule has 0 bridgehead atoms.